The van der Waals surface area contributed by atoms with Crippen molar-refractivity contribution in [3.8, 4) is 5.75 Å². The Morgan fingerprint density at radius 3 is 2.29 bits per heavy atom. The highest BCUT2D eigenvalue weighted by Crippen LogP contribution is 2.35. The number of ether oxygens (including phenoxy) is 1. The van der Waals surface area contributed by atoms with E-state index in [1.807, 2.05) is 6.92 Å². The summed E-state index contributed by atoms with van der Waals surface area (Å²) in [5.41, 5.74) is 0.911. The fourth-order valence-corrected chi connectivity index (χ4v) is 3.66. The average Bonchev–Trinajstić information content (AvgIpc) is 2.54. The molecule has 6 nitrogen and oxygen atoms in total. The number of methoxy groups -OCH3 is 1. The summed E-state index contributed by atoms with van der Waals surface area (Å²) in [5.74, 6) is -1.20. The van der Waals surface area contributed by atoms with Crippen molar-refractivity contribution in [2.24, 2.45) is 0 Å². The van der Waals surface area contributed by atoms with Crippen molar-refractivity contribution in [3.05, 3.63) is 52.5 Å². The summed E-state index contributed by atoms with van der Waals surface area (Å²) in [6, 6.07) is 8.83. The number of anilines is 1. The summed E-state index contributed by atoms with van der Waals surface area (Å²) in [6.45, 7) is 1.85. The molecule has 0 aliphatic carbocycles. The molecule has 0 unspecified atom stereocenters. The van der Waals surface area contributed by atoms with E-state index in [2.05, 4.69) is 0 Å². The van der Waals surface area contributed by atoms with E-state index in [9.17, 15) is 13.2 Å². The molecule has 0 heterocycles. The first kappa shape index (κ1) is 18.1. The number of carboxylic acid groups (broad SMARTS) is 1. The summed E-state index contributed by atoms with van der Waals surface area (Å²) in [6.07, 6.45) is 0. The second kappa shape index (κ2) is 6.70. The highest BCUT2D eigenvalue weighted by Gasteiger charge is 2.25. The van der Waals surface area contributed by atoms with Crippen molar-refractivity contribution in [2.75, 3.05) is 18.5 Å². The number of aromatic carboxylic acids is 1. The molecule has 8 heteroatoms. The number of rotatable bonds is 5. The molecule has 2 aromatic carbocycles. The predicted octanol–water partition coefficient (Wildman–Crippen LogP) is 3.18. The zero-order valence-electron chi connectivity index (χ0n) is 13.3. The second-order valence-corrected chi connectivity index (χ2v) is 7.47. The Hall–Kier alpha value is -2.25. The number of carbonyl (C=O) groups is 1. The van der Waals surface area contributed by atoms with Gasteiger partial charge in [-0.25, -0.2) is 13.2 Å². The molecule has 128 valence electrons. The zero-order valence-corrected chi connectivity index (χ0v) is 14.9. The van der Waals surface area contributed by atoms with E-state index in [4.69, 9.17) is 21.4 Å². The molecule has 0 spiro atoms. The van der Waals surface area contributed by atoms with Gasteiger partial charge in [-0.15, -0.1) is 0 Å². The summed E-state index contributed by atoms with van der Waals surface area (Å²) >= 11 is 6.09. The van der Waals surface area contributed by atoms with Crippen LogP contribution in [-0.2, 0) is 10.0 Å². The molecule has 0 saturated heterocycles. The Morgan fingerprint density at radius 2 is 1.79 bits per heavy atom. The SMILES string of the molecule is COc1cc(N(C)S(=O)(=O)c2ccc(C)cc2)c(Cl)cc1C(=O)O. The molecule has 0 aliphatic rings. The summed E-state index contributed by atoms with van der Waals surface area (Å²) in [7, 11) is -1.20. The van der Waals surface area contributed by atoms with Crippen molar-refractivity contribution in [1.82, 2.24) is 0 Å². The fraction of sp³-hybridized carbons (Fsp3) is 0.188. The average molecular weight is 370 g/mol. The molecular weight excluding hydrogens is 354 g/mol. The molecule has 0 fully saturated rings. The number of benzene rings is 2. The standard InChI is InChI=1S/C16H16ClNO5S/c1-10-4-6-11(7-5-10)24(21,22)18(2)14-9-15(23-3)12(16(19)20)8-13(14)17/h4-9H,1-3H3,(H,19,20). The third-order valence-electron chi connectivity index (χ3n) is 3.52. The topological polar surface area (TPSA) is 83.9 Å². The number of nitrogens with zero attached hydrogens (tertiary/aromatic N) is 1. The number of aryl methyl sites for hydroxylation is 1. The van der Waals surface area contributed by atoms with Gasteiger partial charge < -0.3 is 9.84 Å². The Labute approximate surface area is 145 Å². The monoisotopic (exact) mass is 369 g/mol. The minimum Gasteiger partial charge on any atom is -0.496 e. The van der Waals surface area contributed by atoms with Crippen LogP contribution in [0.5, 0.6) is 5.75 Å². The first-order valence-corrected chi connectivity index (χ1v) is 8.66. The lowest BCUT2D eigenvalue weighted by molar-refractivity contribution is 0.0693. The van der Waals surface area contributed by atoms with Gasteiger partial charge in [-0.1, -0.05) is 29.3 Å². The van der Waals surface area contributed by atoms with Crippen molar-refractivity contribution in [2.45, 2.75) is 11.8 Å². The smallest absolute Gasteiger partial charge is 0.339 e. The molecular formula is C16H16ClNO5S. The predicted molar refractivity (Wildman–Crippen MR) is 91.7 cm³/mol. The Morgan fingerprint density at radius 1 is 1.21 bits per heavy atom. The van der Waals surface area contributed by atoms with E-state index in [0.29, 0.717) is 0 Å². The summed E-state index contributed by atoms with van der Waals surface area (Å²) < 4.78 is 31.5. The fourth-order valence-electron chi connectivity index (χ4n) is 2.12. The van der Waals surface area contributed by atoms with Crippen LogP contribution in [0.2, 0.25) is 5.02 Å². The van der Waals surface area contributed by atoms with Crippen LogP contribution >= 0.6 is 11.6 Å². The van der Waals surface area contributed by atoms with Gasteiger partial charge in [-0.2, -0.15) is 0 Å². The van der Waals surface area contributed by atoms with Gasteiger partial charge in [0, 0.05) is 13.1 Å². The van der Waals surface area contributed by atoms with E-state index in [1.165, 1.54) is 38.4 Å². The van der Waals surface area contributed by atoms with E-state index < -0.39 is 16.0 Å². The van der Waals surface area contributed by atoms with Gasteiger partial charge in [0.25, 0.3) is 10.0 Å². The lowest BCUT2D eigenvalue weighted by atomic mass is 10.2. The van der Waals surface area contributed by atoms with Crippen LogP contribution in [0.25, 0.3) is 0 Å². The molecule has 24 heavy (non-hydrogen) atoms. The number of carboxylic acids is 1. The maximum atomic E-state index is 12.7. The first-order valence-electron chi connectivity index (χ1n) is 6.85. The molecule has 0 aliphatic heterocycles. The third-order valence-corrected chi connectivity index (χ3v) is 5.61. The first-order chi connectivity index (χ1) is 11.2. The van der Waals surface area contributed by atoms with Crippen LogP contribution in [0.1, 0.15) is 15.9 Å². The summed E-state index contributed by atoms with van der Waals surface area (Å²) in [5, 5.41) is 9.14. The number of sulfonamides is 1. The Bertz CT molecular complexity index is 878. The Balaban J connectivity index is 2.54. The molecule has 2 rings (SSSR count). The van der Waals surface area contributed by atoms with Crippen molar-refractivity contribution >= 4 is 33.3 Å². The van der Waals surface area contributed by atoms with E-state index in [1.54, 1.807) is 12.1 Å². The minimum absolute atomic E-state index is 0.00798. The van der Waals surface area contributed by atoms with Gasteiger partial charge in [0.15, 0.2) is 0 Å². The van der Waals surface area contributed by atoms with Crippen LogP contribution in [0.3, 0.4) is 0 Å². The van der Waals surface area contributed by atoms with Crippen molar-refractivity contribution in [3.63, 3.8) is 0 Å². The highest BCUT2D eigenvalue weighted by molar-refractivity contribution is 7.92. The van der Waals surface area contributed by atoms with Gasteiger partial charge in [0.1, 0.15) is 11.3 Å². The van der Waals surface area contributed by atoms with Gasteiger partial charge in [-0.3, -0.25) is 4.31 Å². The zero-order chi connectivity index (χ0) is 18.1. The normalized spacial score (nSPS) is 11.2. The molecule has 0 bridgehead atoms. The quantitative estimate of drug-likeness (QED) is 0.875. The highest BCUT2D eigenvalue weighted by atomic mass is 35.5. The Kier molecular flexibility index (Phi) is 5.05. The second-order valence-electron chi connectivity index (χ2n) is 5.09. The lowest BCUT2D eigenvalue weighted by Crippen LogP contribution is -2.27. The van der Waals surface area contributed by atoms with Crippen molar-refractivity contribution < 1.29 is 23.1 Å². The molecule has 0 amide bonds. The number of halogens is 1. The van der Waals surface area contributed by atoms with Crippen LogP contribution in [0, 0.1) is 6.92 Å². The molecule has 0 saturated carbocycles. The minimum atomic E-state index is -3.84. The maximum Gasteiger partial charge on any atom is 0.339 e. The molecule has 2 aromatic rings. The van der Waals surface area contributed by atoms with E-state index >= 15 is 0 Å². The lowest BCUT2D eigenvalue weighted by Gasteiger charge is -2.22. The van der Waals surface area contributed by atoms with E-state index in [0.717, 1.165) is 9.87 Å². The van der Waals surface area contributed by atoms with Gasteiger partial charge in [0.05, 0.1) is 22.7 Å². The van der Waals surface area contributed by atoms with Gasteiger partial charge in [0.2, 0.25) is 0 Å². The maximum absolute atomic E-state index is 12.7. The summed E-state index contributed by atoms with van der Waals surface area (Å²) in [4.78, 5) is 11.3. The van der Waals surface area contributed by atoms with Gasteiger partial charge in [-0.05, 0) is 25.1 Å². The van der Waals surface area contributed by atoms with Gasteiger partial charge >= 0.3 is 5.97 Å². The molecule has 0 radical (unpaired) electrons. The number of hydrogen-bond donors (Lipinski definition) is 1. The van der Waals surface area contributed by atoms with Crippen molar-refractivity contribution in [1.29, 1.82) is 0 Å². The van der Waals surface area contributed by atoms with Crippen LogP contribution < -0.4 is 9.04 Å². The molecule has 1 N–H and O–H groups in total. The number of hydrogen-bond acceptors (Lipinski definition) is 4. The van der Waals surface area contributed by atoms with Crippen LogP contribution in [-0.4, -0.2) is 33.7 Å². The third kappa shape index (κ3) is 3.32. The largest absolute Gasteiger partial charge is 0.496 e. The van der Waals surface area contributed by atoms with Crippen LogP contribution in [0.4, 0.5) is 5.69 Å². The van der Waals surface area contributed by atoms with E-state index in [-0.39, 0.29) is 26.9 Å². The van der Waals surface area contributed by atoms with Crippen LogP contribution in [0.15, 0.2) is 41.3 Å². The molecule has 0 aromatic heterocycles. The molecule has 0 atom stereocenters.